The van der Waals surface area contributed by atoms with Crippen LogP contribution in [0.3, 0.4) is 0 Å². The smallest absolute Gasteiger partial charge is 0.329 e. The molecule has 0 radical (unpaired) electrons. The number of imidazole rings is 1. The SMILES string of the molecule is Cn1c(=O)[nH]c(=O)c2c1nc(N1CCCCC1)n2CCC(=O)O. The number of hydrogen-bond acceptors (Lipinski definition) is 5. The molecule has 1 saturated heterocycles. The molecule has 0 aliphatic carbocycles. The number of anilines is 1. The predicted octanol–water partition coefficient (Wildman–Crippen LogP) is -0.112. The van der Waals surface area contributed by atoms with Gasteiger partial charge in [-0.1, -0.05) is 0 Å². The Morgan fingerprint density at radius 3 is 2.61 bits per heavy atom. The van der Waals surface area contributed by atoms with E-state index in [4.69, 9.17) is 5.11 Å². The van der Waals surface area contributed by atoms with Gasteiger partial charge in [0.15, 0.2) is 11.2 Å². The van der Waals surface area contributed by atoms with Crippen LogP contribution in [0.2, 0.25) is 0 Å². The van der Waals surface area contributed by atoms with E-state index in [0.29, 0.717) is 5.95 Å². The second kappa shape index (κ2) is 5.90. The minimum absolute atomic E-state index is 0.116. The molecule has 0 unspecified atom stereocenters. The molecule has 0 aromatic carbocycles. The van der Waals surface area contributed by atoms with Crippen LogP contribution in [0.5, 0.6) is 0 Å². The van der Waals surface area contributed by atoms with E-state index in [1.54, 1.807) is 4.57 Å². The molecule has 3 heterocycles. The van der Waals surface area contributed by atoms with Gasteiger partial charge in [0.05, 0.1) is 6.42 Å². The first-order chi connectivity index (χ1) is 11.0. The van der Waals surface area contributed by atoms with Gasteiger partial charge in [-0.05, 0) is 19.3 Å². The zero-order valence-corrected chi connectivity index (χ0v) is 12.9. The minimum Gasteiger partial charge on any atom is -0.481 e. The summed E-state index contributed by atoms with van der Waals surface area (Å²) in [7, 11) is 1.54. The Kier molecular flexibility index (Phi) is 3.93. The van der Waals surface area contributed by atoms with Crippen molar-refractivity contribution in [3.8, 4) is 0 Å². The number of aliphatic carboxylic acids is 1. The fourth-order valence-electron chi connectivity index (χ4n) is 2.98. The average Bonchev–Trinajstić information content (AvgIpc) is 2.91. The zero-order chi connectivity index (χ0) is 16.6. The highest BCUT2D eigenvalue weighted by atomic mass is 16.4. The van der Waals surface area contributed by atoms with Crippen LogP contribution in [0.1, 0.15) is 25.7 Å². The van der Waals surface area contributed by atoms with Gasteiger partial charge in [-0.2, -0.15) is 4.98 Å². The largest absolute Gasteiger partial charge is 0.481 e. The summed E-state index contributed by atoms with van der Waals surface area (Å²) >= 11 is 0. The predicted molar refractivity (Wildman–Crippen MR) is 83.9 cm³/mol. The van der Waals surface area contributed by atoms with Gasteiger partial charge < -0.3 is 14.6 Å². The topological polar surface area (TPSA) is 113 Å². The third-order valence-electron chi connectivity index (χ3n) is 4.18. The molecule has 0 atom stereocenters. The monoisotopic (exact) mass is 321 g/mol. The molecule has 0 bridgehead atoms. The number of piperidine rings is 1. The summed E-state index contributed by atoms with van der Waals surface area (Å²) in [5, 5.41) is 8.97. The lowest BCUT2D eigenvalue weighted by molar-refractivity contribution is -0.137. The number of fused-ring (bicyclic) bond motifs is 1. The third kappa shape index (κ3) is 2.73. The van der Waals surface area contributed by atoms with Gasteiger partial charge in [0.25, 0.3) is 5.56 Å². The number of hydrogen-bond donors (Lipinski definition) is 2. The molecule has 9 nitrogen and oxygen atoms in total. The molecule has 0 saturated carbocycles. The molecule has 23 heavy (non-hydrogen) atoms. The molecule has 2 N–H and O–H groups in total. The van der Waals surface area contributed by atoms with E-state index in [9.17, 15) is 14.4 Å². The van der Waals surface area contributed by atoms with Crippen LogP contribution in [0.25, 0.3) is 11.2 Å². The van der Waals surface area contributed by atoms with Crippen LogP contribution >= 0.6 is 0 Å². The molecule has 2 aromatic heterocycles. The number of rotatable bonds is 4. The summed E-state index contributed by atoms with van der Waals surface area (Å²) in [6, 6.07) is 0. The van der Waals surface area contributed by atoms with Crippen molar-refractivity contribution in [2.45, 2.75) is 32.2 Å². The minimum atomic E-state index is -0.947. The van der Waals surface area contributed by atoms with Gasteiger partial charge in [0.1, 0.15) is 0 Å². The maximum atomic E-state index is 12.2. The molecule has 124 valence electrons. The van der Waals surface area contributed by atoms with Crippen LogP contribution in [-0.2, 0) is 18.4 Å². The van der Waals surface area contributed by atoms with Crippen molar-refractivity contribution < 1.29 is 9.90 Å². The highest BCUT2D eigenvalue weighted by molar-refractivity contribution is 5.75. The van der Waals surface area contributed by atoms with Crippen molar-refractivity contribution >= 4 is 23.1 Å². The number of carbonyl (C=O) groups is 1. The number of aryl methyl sites for hydroxylation is 2. The fraction of sp³-hybridized carbons (Fsp3) is 0.571. The number of aromatic nitrogens is 4. The molecule has 2 aromatic rings. The van der Waals surface area contributed by atoms with Crippen molar-refractivity contribution in [1.29, 1.82) is 0 Å². The second-order valence-corrected chi connectivity index (χ2v) is 5.75. The number of aromatic amines is 1. The van der Waals surface area contributed by atoms with Crippen LogP contribution in [0, 0.1) is 0 Å². The lowest BCUT2D eigenvalue weighted by atomic mass is 10.1. The highest BCUT2D eigenvalue weighted by Crippen LogP contribution is 2.23. The molecule has 9 heteroatoms. The van der Waals surface area contributed by atoms with Gasteiger partial charge >= 0.3 is 11.7 Å². The average molecular weight is 321 g/mol. The fourth-order valence-corrected chi connectivity index (χ4v) is 2.98. The first-order valence-corrected chi connectivity index (χ1v) is 7.65. The standard InChI is InChI=1S/C14H19N5O4/c1-17-11-10(12(22)16-14(17)23)19(8-5-9(20)21)13(15-11)18-6-3-2-4-7-18/h2-8H2,1H3,(H,20,21)(H,16,22,23). The Labute approximate surface area is 131 Å². The molecular formula is C14H19N5O4. The van der Waals surface area contributed by atoms with Gasteiger partial charge in [0, 0.05) is 26.7 Å². The summed E-state index contributed by atoms with van der Waals surface area (Å²) in [6.45, 7) is 1.75. The van der Waals surface area contributed by atoms with Crippen molar-refractivity contribution in [3.05, 3.63) is 20.8 Å². The molecular weight excluding hydrogens is 302 g/mol. The summed E-state index contributed by atoms with van der Waals surface area (Å²) in [5.74, 6) is -0.384. The van der Waals surface area contributed by atoms with Gasteiger partial charge in [-0.3, -0.25) is 19.1 Å². The van der Waals surface area contributed by atoms with E-state index in [1.807, 2.05) is 0 Å². The van der Waals surface area contributed by atoms with Gasteiger partial charge in [0.2, 0.25) is 5.95 Å². The Hall–Kier alpha value is -2.58. The number of carboxylic acids is 1. The van der Waals surface area contributed by atoms with E-state index in [2.05, 4.69) is 14.9 Å². The Morgan fingerprint density at radius 2 is 1.96 bits per heavy atom. The summed E-state index contributed by atoms with van der Waals surface area (Å²) < 4.78 is 2.90. The van der Waals surface area contributed by atoms with Crippen molar-refractivity contribution in [2.75, 3.05) is 18.0 Å². The Bertz CT molecular complexity index is 856. The van der Waals surface area contributed by atoms with Crippen molar-refractivity contribution in [3.63, 3.8) is 0 Å². The first-order valence-electron chi connectivity index (χ1n) is 7.65. The Morgan fingerprint density at radius 1 is 1.26 bits per heavy atom. The molecule has 1 aliphatic rings. The van der Waals surface area contributed by atoms with Crippen LogP contribution < -0.4 is 16.1 Å². The number of nitrogens with one attached hydrogen (secondary N) is 1. The van der Waals surface area contributed by atoms with Crippen LogP contribution in [-0.4, -0.2) is 43.3 Å². The second-order valence-electron chi connectivity index (χ2n) is 5.75. The quantitative estimate of drug-likeness (QED) is 0.812. The molecule has 3 rings (SSSR count). The van der Waals surface area contributed by atoms with Gasteiger partial charge in [-0.15, -0.1) is 0 Å². The summed E-state index contributed by atoms with van der Waals surface area (Å²) in [5.41, 5.74) is -0.543. The molecule has 1 aliphatic heterocycles. The molecule has 0 amide bonds. The third-order valence-corrected chi connectivity index (χ3v) is 4.18. The Balaban J connectivity index is 2.20. The normalized spacial score (nSPS) is 15.3. The number of nitrogens with zero attached hydrogens (tertiary/aromatic N) is 4. The maximum absolute atomic E-state index is 12.2. The lowest BCUT2D eigenvalue weighted by Gasteiger charge is -2.28. The van der Waals surface area contributed by atoms with E-state index in [0.717, 1.165) is 32.4 Å². The van der Waals surface area contributed by atoms with E-state index in [-0.39, 0.29) is 24.1 Å². The number of carboxylic acid groups (broad SMARTS) is 1. The van der Waals surface area contributed by atoms with Crippen molar-refractivity contribution in [2.24, 2.45) is 7.05 Å². The number of H-pyrrole nitrogens is 1. The van der Waals surface area contributed by atoms with Crippen LogP contribution in [0.15, 0.2) is 9.59 Å². The van der Waals surface area contributed by atoms with Crippen LogP contribution in [0.4, 0.5) is 5.95 Å². The summed E-state index contributed by atoms with van der Waals surface area (Å²) in [6.07, 6.45) is 3.08. The van der Waals surface area contributed by atoms with E-state index < -0.39 is 17.2 Å². The lowest BCUT2D eigenvalue weighted by Crippen LogP contribution is -2.32. The maximum Gasteiger partial charge on any atom is 0.329 e. The van der Waals surface area contributed by atoms with Gasteiger partial charge in [-0.25, -0.2) is 4.79 Å². The van der Waals surface area contributed by atoms with E-state index >= 15 is 0 Å². The zero-order valence-electron chi connectivity index (χ0n) is 12.9. The molecule has 1 fully saturated rings. The summed E-state index contributed by atoms with van der Waals surface area (Å²) in [4.78, 5) is 43.7. The van der Waals surface area contributed by atoms with Crippen molar-refractivity contribution in [1.82, 2.24) is 19.1 Å². The first kappa shape index (κ1) is 15.3. The highest BCUT2D eigenvalue weighted by Gasteiger charge is 2.22. The van der Waals surface area contributed by atoms with E-state index in [1.165, 1.54) is 11.6 Å². The molecule has 0 spiro atoms.